The summed E-state index contributed by atoms with van der Waals surface area (Å²) in [4.78, 5) is 24.7. The molecule has 0 saturated carbocycles. The molecule has 5 nitrogen and oxygen atoms in total. The molecule has 0 aliphatic heterocycles. The van der Waals surface area contributed by atoms with E-state index in [4.69, 9.17) is 4.74 Å². The van der Waals surface area contributed by atoms with Crippen LogP contribution in [-0.4, -0.2) is 36.2 Å². The third-order valence-corrected chi connectivity index (χ3v) is 4.74. The number of methoxy groups -OCH3 is 1. The summed E-state index contributed by atoms with van der Waals surface area (Å²) in [5.74, 6) is -0.739. The number of hydrogen-bond donors (Lipinski definition) is 2. The molecule has 0 radical (unpaired) electrons. The molecule has 6 heteroatoms. The van der Waals surface area contributed by atoms with E-state index in [0.717, 1.165) is 10.6 Å². The number of ether oxygens (including phenoxy) is 1. The normalized spacial score (nSPS) is 13.0. The van der Waals surface area contributed by atoms with Crippen LogP contribution in [0.25, 0.3) is 0 Å². The topological polar surface area (TPSA) is 75.6 Å². The monoisotopic (exact) mass is 359 g/mol. The summed E-state index contributed by atoms with van der Waals surface area (Å²) in [6.45, 7) is 1.31. The van der Waals surface area contributed by atoms with Gasteiger partial charge in [0.05, 0.1) is 6.61 Å². The molecule has 0 spiro atoms. The number of benzene rings is 2. The molecule has 132 valence electrons. The first-order valence-electron chi connectivity index (χ1n) is 7.76. The summed E-state index contributed by atoms with van der Waals surface area (Å²) in [5, 5.41) is 11.8. The Labute approximate surface area is 151 Å². The van der Waals surface area contributed by atoms with Gasteiger partial charge in [-0.15, -0.1) is 11.8 Å². The van der Waals surface area contributed by atoms with Crippen LogP contribution in [0.4, 0.5) is 0 Å². The Morgan fingerprint density at radius 2 is 1.76 bits per heavy atom. The van der Waals surface area contributed by atoms with E-state index in [1.54, 1.807) is 23.9 Å². The zero-order valence-electron chi connectivity index (χ0n) is 14.2. The molecule has 0 fully saturated rings. The zero-order valence-corrected chi connectivity index (χ0v) is 15.0. The molecular formula is C19H21NO4S. The van der Waals surface area contributed by atoms with Gasteiger partial charge in [0.1, 0.15) is 0 Å². The number of amides is 1. The van der Waals surface area contributed by atoms with Gasteiger partial charge in [-0.3, -0.25) is 4.79 Å². The Hall–Kier alpha value is -2.31. The van der Waals surface area contributed by atoms with E-state index < -0.39 is 17.4 Å². The lowest BCUT2D eigenvalue weighted by Gasteiger charge is -2.25. The van der Waals surface area contributed by atoms with Crippen LogP contribution < -0.4 is 5.32 Å². The average molecular weight is 359 g/mol. The Balaban J connectivity index is 1.99. The molecule has 2 aromatic rings. The van der Waals surface area contributed by atoms with Crippen molar-refractivity contribution in [1.82, 2.24) is 5.32 Å². The Morgan fingerprint density at radius 1 is 1.12 bits per heavy atom. The van der Waals surface area contributed by atoms with Crippen LogP contribution in [0.5, 0.6) is 0 Å². The van der Waals surface area contributed by atoms with E-state index in [1.807, 2.05) is 30.3 Å². The largest absolute Gasteiger partial charge is 0.479 e. The molecule has 1 atom stereocenters. The van der Waals surface area contributed by atoms with Gasteiger partial charge >= 0.3 is 5.97 Å². The smallest absolute Gasteiger partial charge is 0.331 e. The van der Waals surface area contributed by atoms with Crippen molar-refractivity contribution in [2.75, 3.05) is 13.7 Å². The molecule has 0 aliphatic rings. The number of carboxylic acids is 1. The van der Waals surface area contributed by atoms with Crippen molar-refractivity contribution >= 4 is 23.6 Å². The number of carboxylic acid groups (broad SMARTS) is 1. The molecule has 0 heterocycles. The first-order valence-corrected chi connectivity index (χ1v) is 8.75. The number of carbonyl (C=O) groups excluding carboxylic acids is 1. The Bertz CT molecular complexity index is 718. The predicted molar refractivity (Wildman–Crippen MR) is 97.8 cm³/mol. The minimum absolute atomic E-state index is 0.112. The van der Waals surface area contributed by atoms with Crippen molar-refractivity contribution < 1.29 is 19.4 Å². The average Bonchev–Trinajstić information content (AvgIpc) is 2.61. The molecule has 25 heavy (non-hydrogen) atoms. The molecule has 0 aromatic heterocycles. The Kier molecular flexibility index (Phi) is 6.61. The first kappa shape index (κ1) is 19.0. The second-order valence-corrected chi connectivity index (χ2v) is 6.87. The van der Waals surface area contributed by atoms with Gasteiger partial charge in [-0.25, -0.2) is 4.79 Å². The van der Waals surface area contributed by atoms with Crippen LogP contribution in [0.1, 0.15) is 22.8 Å². The molecule has 2 aromatic carbocycles. The van der Waals surface area contributed by atoms with Crippen LogP contribution in [0.3, 0.4) is 0 Å². The maximum atomic E-state index is 12.3. The van der Waals surface area contributed by atoms with Crippen LogP contribution in [0.15, 0.2) is 59.5 Å². The van der Waals surface area contributed by atoms with Gasteiger partial charge in [-0.2, -0.15) is 0 Å². The van der Waals surface area contributed by atoms with E-state index >= 15 is 0 Å². The van der Waals surface area contributed by atoms with Gasteiger partial charge < -0.3 is 15.2 Å². The number of nitrogens with one attached hydrogen (secondary N) is 1. The third kappa shape index (κ3) is 5.34. The molecule has 0 aliphatic carbocycles. The highest BCUT2D eigenvalue weighted by atomic mass is 32.2. The predicted octanol–water partition coefficient (Wildman–Crippen LogP) is 3.20. The van der Waals surface area contributed by atoms with Crippen LogP contribution in [0, 0.1) is 0 Å². The fourth-order valence-corrected chi connectivity index (χ4v) is 3.06. The maximum absolute atomic E-state index is 12.3. The molecule has 0 bridgehead atoms. The first-order chi connectivity index (χ1) is 11.9. The van der Waals surface area contributed by atoms with Crippen molar-refractivity contribution in [2.24, 2.45) is 0 Å². The SMILES string of the molecule is COCC(C)(NC(=O)c1ccc(SCc2ccccc2)cc1)C(=O)O. The minimum atomic E-state index is -1.47. The lowest BCUT2D eigenvalue weighted by Crippen LogP contribution is -2.55. The van der Waals surface area contributed by atoms with E-state index in [9.17, 15) is 14.7 Å². The molecule has 1 unspecified atom stereocenters. The zero-order chi connectivity index (χ0) is 18.3. The number of aliphatic carboxylic acids is 1. The van der Waals surface area contributed by atoms with Crippen LogP contribution >= 0.6 is 11.8 Å². The summed E-state index contributed by atoms with van der Waals surface area (Å²) >= 11 is 1.67. The molecule has 2 N–H and O–H groups in total. The Morgan fingerprint density at radius 3 is 2.32 bits per heavy atom. The van der Waals surface area contributed by atoms with Gasteiger partial charge in [0.2, 0.25) is 0 Å². The van der Waals surface area contributed by atoms with E-state index in [-0.39, 0.29) is 6.61 Å². The number of hydrogen-bond acceptors (Lipinski definition) is 4. The number of thioether (sulfide) groups is 1. The van der Waals surface area contributed by atoms with Crippen molar-refractivity contribution in [3.05, 3.63) is 65.7 Å². The molecule has 1 amide bonds. The summed E-state index contributed by atoms with van der Waals surface area (Å²) < 4.78 is 4.90. The van der Waals surface area contributed by atoms with E-state index in [2.05, 4.69) is 17.4 Å². The fraction of sp³-hybridized carbons (Fsp3) is 0.263. The molecular weight excluding hydrogens is 338 g/mol. The van der Waals surface area contributed by atoms with E-state index in [1.165, 1.54) is 19.6 Å². The standard InChI is InChI=1S/C19H21NO4S/c1-19(13-24-2,18(22)23)20-17(21)15-8-10-16(11-9-15)25-12-14-6-4-3-5-7-14/h3-11H,12-13H2,1-2H3,(H,20,21)(H,22,23). The lowest BCUT2D eigenvalue weighted by atomic mass is 10.0. The van der Waals surface area contributed by atoms with Gasteiger partial charge in [0, 0.05) is 23.3 Å². The maximum Gasteiger partial charge on any atom is 0.331 e. The third-order valence-electron chi connectivity index (χ3n) is 3.66. The summed E-state index contributed by atoms with van der Waals surface area (Å²) in [6, 6.07) is 17.2. The molecule has 0 saturated heterocycles. The highest BCUT2D eigenvalue weighted by molar-refractivity contribution is 7.98. The number of rotatable bonds is 8. The van der Waals surface area contributed by atoms with Crippen LogP contribution in [-0.2, 0) is 15.3 Å². The summed E-state index contributed by atoms with van der Waals surface area (Å²) in [5.41, 5.74) is 0.172. The summed E-state index contributed by atoms with van der Waals surface area (Å²) in [7, 11) is 1.39. The van der Waals surface area contributed by atoms with E-state index in [0.29, 0.717) is 5.56 Å². The highest BCUT2D eigenvalue weighted by Crippen LogP contribution is 2.23. The van der Waals surface area contributed by atoms with Gasteiger partial charge in [-0.05, 0) is 36.8 Å². The minimum Gasteiger partial charge on any atom is -0.479 e. The van der Waals surface area contributed by atoms with Gasteiger partial charge in [-0.1, -0.05) is 30.3 Å². The highest BCUT2D eigenvalue weighted by Gasteiger charge is 2.35. The van der Waals surface area contributed by atoms with Gasteiger partial charge in [0.25, 0.3) is 5.91 Å². The van der Waals surface area contributed by atoms with Crippen molar-refractivity contribution in [3.8, 4) is 0 Å². The van der Waals surface area contributed by atoms with Crippen LogP contribution in [0.2, 0.25) is 0 Å². The molecule has 2 rings (SSSR count). The lowest BCUT2D eigenvalue weighted by molar-refractivity contribution is -0.145. The van der Waals surface area contributed by atoms with Gasteiger partial charge in [0.15, 0.2) is 5.54 Å². The fourth-order valence-electron chi connectivity index (χ4n) is 2.21. The van der Waals surface area contributed by atoms with Crippen molar-refractivity contribution in [3.63, 3.8) is 0 Å². The van der Waals surface area contributed by atoms with Crippen molar-refractivity contribution in [1.29, 1.82) is 0 Å². The van der Waals surface area contributed by atoms with Crippen molar-refractivity contribution in [2.45, 2.75) is 23.1 Å². The second kappa shape index (κ2) is 8.69. The quantitative estimate of drug-likeness (QED) is 0.708. The second-order valence-electron chi connectivity index (χ2n) is 5.82. The number of carbonyl (C=O) groups is 2. The summed E-state index contributed by atoms with van der Waals surface area (Å²) in [6.07, 6.45) is 0.